The van der Waals surface area contributed by atoms with Crippen molar-refractivity contribution in [2.24, 2.45) is 0 Å². The number of thiophene rings is 1. The maximum Gasteiger partial charge on any atom is 0.248 e. The zero-order valence-corrected chi connectivity index (χ0v) is 14.9. The van der Waals surface area contributed by atoms with Crippen molar-refractivity contribution in [1.29, 1.82) is 5.26 Å². The highest BCUT2D eigenvalue weighted by molar-refractivity contribution is 7.16. The van der Waals surface area contributed by atoms with E-state index >= 15 is 0 Å². The Morgan fingerprint density at radius 2 is 2.31 bits per heavy atom. The summed E-state index contributed by atoms with van der Waals surface area (Å²) in [6, 6.07) is 5.92. The van der Waals surface area contributed by atoms with E-state index in [1.54, 1.807) is 17.3 Å². The van der Waals surface area contributed by atoms with E-state index in [1.165, 1.54) is 11.3 Å². The smallest absolute Gasteiger partial charge is 0.248 e. The predicted octanol–water partition coefficient (Wildman–Crippen LogP) is 1.46. The van der Waals surface area contributed by atoms with Crippen LogP contribution in [-0.2, 0) is 29.0 Å². The zero-order chi connectivity index (χ0) is 18.5. The summed E-state index contributed by atoms with van der Waals surface area (Å²) in [4.78, 5) is 30.4. The minimum absolute atomic E-state index is 0.160. The third-order valence-corrected chi connectivity index (χ3v) is 5.41. The molecule has 3 rings (SSSR count). The summed E-state index contributed by atoms with van der Waals surface area (Å²) in [6.07, 6.45) is 4.83. The van der Waals surface area contributed by atoms with Crippen molar-refractivity contribution in [2.75, 3.05) is 18.5 Å². The second-order valence-electron chi connectivity index (χ2n) is 5.95. The average molecular weight is 370 g/mol. The lowest BCUT2D eigenvalue weighted by molar-refractivity contribution is -0.135. The van der Waals surface area contributed by atoms with Gasteiger partial charge in [0.2, 0.25) is 11.8 Å². The van der Waals surface area contributed by atoms with Gasteiger partial charge < -0.3 is 15.3 Å². The molecule has 0 bridgehead atoms. The van der Waals surface area contributed by atoms with Crippen LogP contribution < -0.4 is 5.32 Å². The number of pyridine rings is 1. The van der Waals surface area contributed by atoms with Crippen LogP contribution in [0.5, 0.6) is 0 Å². The van der Waals surface area contributed by atoms with Crippen molar-refractivity contribution in [3.8, 4) is 6.07 Å². The molecule has 2 amide bonds. The van der Waals surface area contributed by atoms with Gasteiger partial charge >= 0.3 is 0 Å². The number of aliphatic hydroxyl groups is 1. The summed E-state index contributed by atoms with van der Waals surface area (Å²) in [5.41, 5.74) is 2.35. The molecule has 0 aliphatic carbocycles. The summed E-state index contributed by atoms with van der Waals surface area (Å²) in [5, 5.41) is 21.9. The first-order valence-corrected chi connectivity index (χ1v) is 9.06. The Morgan fingerprint density at radius 1 is 1.46 bits per heavy atom. The number of nitrogens with one attached hydrogen (secondary N) is 1. The fourth-order valence-corrected chi connectivity index (χ4v) is 4.15. The van der Waals surface area contributed by atoms with Crippen LogP contribution in [0.1, 0.15) is 28.0 Å². The Bertz CT molecular complexity index is 857. The number of aliphatic hydroxyl groups excluding tert-OH is 1. The second kappa shape index (κ2) is 8.08. The minimum atomic E-state index is -0.524. The predicted molar refractivity (Wildman–Crippen MR) is 96.4 cm³/mol. The van der Waals surface area contributed by atoms with Crippen LogP contribution >= 0.6 is 11.3 Å². The molecule has 2 aromatic heterocycles. The summed E-state index contributed by atoms with van der Waals surface area (Å²) in [7, 11) is 0. The lowest BCUT2D eigenvalue weighted by atomic mass is 10.0. The van der Waals surface area contributed by atoms with E-state index in [1.807, 2.05) is 12.1 Å². The van der Waals surface area contributed by atoms with Gasteiger partial charge in [-0.1, -0.05) is 6.07 Å². The van der Waals surface area contributed by atoms with Crippen LogP contribution in [0.3, 0.4) is 0 Å². The number of carbonyl (C=O) groups is 2. The molecule has 1 aliphatic rings. The quantitative estimate of drug-likeness (QED) is 0.829. The number of nitrogens with zero attached hydrogens (tertiary/aromatic N) is 3. The van der Waals surface area contributed by atoms with E-state index in [9.17, 15) is 14.9 Å². The number of nitriles is 1. The molecule has 0 aromatic carbocycles. The number of hydrogen-bond donors (Lipinski definition) is 2. The van der Waals surface area contributed by atoms with Crippen LogP contribution in [0.2, 0.25) is 0 Å². The third kappa shape index (κ3) is 3.90. The standard InChI is InChI=1S/C18H18N4O3S/c19-8-14-13-5-7-22(17(25)11-23)10-15(13)26-18(14)21-16(24)4-3-12-2-1-6-20-9-12/h1-2,6,9,23H,3-5,7,10-11H2,(H,21,24). The Morgan fingerprint density at radius 3 is 3.00 bits per heavy atom. The number of aryl methyl sites for hydroxylation is 1. The number of rotatable bonds is 5. The SMILES string of the molecule is N#Cc1c(NC(=O)CCc2cccnc2)sc2c1CCN(C(=O)CO)C2. The number of anilines is 1. The third-order valence-electron chi connectivity index (χ3n) is 4.27. The first-order chi connectivity index (χ1) is 12.6. The van der Waals surface area contributed by atoms with E-state index in [-0.39, 0.29) is 11.8 Å². The molecule has 0 saturated carbocycles. The summed E-state index contributed by atoms with van der Waals surface area (Å²) >= 11 is 1.33. The molecule has 134 valence electrons. The number of aromatic nitrogens is 1. The molecule has 0 unspecified atom stereocenters. The molecule has 0 radical (unpaired) electrons. The molecule has 0 spiro atoms. The van der Waals surface area contributed by atoms with Gasteiger partial charge in [-0.25, -0.2) is 0 Å². The highest BCUT2D eigenvalue weighted by atomic mass is 32.1. The van der Waals surface area contributed by atoms with E-state index in [0.29, 0.717) is 42.9 Å². The lowest BCUT2D eigenvalue weighted by Gasteiger charge is -2.26. The number of fused-ring (bicyclic) bond motifs is 1. The fourth-order valence-electron chi connectivity index (χ4n) is 2.92. The molecule has 2 N–H and O–H groups in total. The van der Waals surface area contributed by atoms with Crippen LogP contribution in [-0.4, -0.2) is 40.0 Å². The molecule has 3 heterocycles. The molecule has 2 aromatic rings. The van der Waals surface area contributed by atoms with Crippen LogP contribution in [0.15, 0.2) is 24.5 Å². The molecule has 1 aliphatic heterocycles. The number of carbonyl (C=O) groups excluding carboxylic acids is 2. The Labute approximate surface area is 154 Å². The van der Waals surface area contributed by atoms with Gasteiger partial charge in [-0.15, -0.1) is 11.3 Å². The number of hydrogen-bond acceptors (Lipinski definition) is 6. The van der Waals surface area contributed by atoms with E-state index < -0.39 is 6.61 Å². The van der Waals surface area contributed by atoms with Gasteiger partial charge in [0, 0.05) is 30.2 Å². The molecule has 0 atom stereocenters. The van der Waals surface area contributed by atoms with Crippen LogP contribution in [0, 0.1) is 11.3 Å². The first-order valence-electron chi connectivity index (χ1n) is 8.24. The number of amides is 2. The van der Waals surface area contributed by atoms with Crippen LogP contribution in [0.4, 0.5) is 5.00 Å². The maximum absolute atomic E-state index is 12.3. The van der Waals surface area contributed by atoms with Gasteiger partial charge in [-0.3, -0.25) is 14.6 Å². The minimum Gasteiger partial charge on any atom is -0.387 e. The Balaban J connectivity index is 1.69. The molecule has 0 saturated heterocycles. The Hall–Kier alpha value is -2.76. The fraction of sp³-hybridized carbons (Fsp3) is 0.333. The highest BCUT2D eigenvalue weighted by Gasteiger charge is 2.27. The van der Waals surface area contributed by atoms with Crippen molar-refractivity contribution in [3.05, 3.63) is 46.1 Å². The van der Waals surface area contributed by atoms with Gasteiger partial charge in [-0.05, 0) is 30.0 Å². The van der Waals surface area contributed by atoms with E-state index in [4.69, 9.17) is 5.11 Å². The lowest BCUT2D eigenvalue weighted by Crippen LogP contribution is -2.37. The van der Waals surface area contributed by atoms with Gasteiger partial charge in [-0.2, -0.15) is 5.26 Å². The molecule has 8 heteroatoms. The average Bonchev–Trinajstić information content (AvgIpc) is 3.02. The zero-order valence-electron chi connectivity index (χ0n) is 14.1. The normalized spacial score (nSPS) is 13.0. The van der Waals surface area contributed by atoms with Crippen molar-refractivity contribution in [3.63, 3.8) is 0 Å². The monoisotopic (exact) mass is 370 g/mol. The summed E-state index contributed by atoms with van der Waals surface area (Å²) in [5.74, 6) is -0.489. The topological polar surface area (TPSA) is 106 Å². The second-order valence-corrected chi connectivity index (χ2v) is 7.06. The molecule has 7 nitrogen and oxygen atoms in total. The Kier molecular flexibility index (Phi) is 5.61. The first kappa shape index (κ1) is 18.0. The van der Waals surface area contributed by atoms with Crippen LogP contribution in [0.25, 0.3) is 0 Å². The van der Waals surface area contributed by atoms with E-state index in [0.717, 1.165) is 16.0 Å². The molecular weight excluding hydrogens is 352 g/mol. The van der Waals surface area contributed by atoms with Gasteiger partial charge in [0.25, 0.3) is 0 Å². The molecular formula is C18H18N4O3S. The van der Waals surface area contributed by atoms with Gasteiger partial charge in [0.05, 0.1) is 12.1 Å². The van der Waals surface area contributed by atoms with Gasteiger partial charge in [0.1, 0.15) is 17.7 Å². The molecule has 0 fully saturated rings. The van der Waals surface area contributed by atoms with E-state index in [2.05, 4.69) is 16.4 Å². The van der Waals surface area contributed by atoms with Crippen molar-refractivity contribution < 1.29 is 14.7 Å². The van der Waals surface area contributed by atoms with Crippen molar-refractivity contribution >= 4 is 28.2 Å². The summed E-state index contributed by atoms with van der Waals surface area (Å²) < 4.78 is 0. The van der Waals surface area contributed by atoms with Gasteiger partial charge in [0.15, 0.2) is 0 Å². The van der Waals surface area contributed by atoms with Crippen molar-refractivity contribution in [2.45, 2.75) is 25.8 Å². The molecule has 26 heavy (non-hydrogen) atoms. The largest absolute Gasteiger partial charge is 0.387 e. The maximum atomic E-state index is 12.3. The summed E-state index contributed by atoms with van der Waals surface area (Å²) in [6.45, 7) is 0.301. The van der Waals surface area contributed by atoms with Crippen molar-refractivity contribution in [1.82, 2.24) is 9.88 Å². The highest BCUT2D eigenvalue weighted by Crippen LogP contribution is 2.36.